The minimum atomic E-state index is -3.68. The Hall–Kier alpha value is -3.26. The number of nitrogens with zero attached hydrogens (tertiary/aromatic N) is 3. The van der Waals surface area contributed by atoms with Gasteiger partial charge in [0.15, 0.2) is 0 Å². The van der Waals surface area contributed by atoms with E-state index in [2.05, 4.69) is 25.0 Å². The summed E-state index contributed by atoms with van der Waals surface area (Å²) in [5, 5.41) is 14.5. The Balaban J connectivity index is 1.32. The molecule has 0 radical (unpaired) electrons. The number of thiazole rings is 1. The van der Waals surface area contributed by atoms with Gasteiger partial charge in [0.05, 0.1) is 27.8 Å². The van der Waals surface area contributed by atoms with E-state index in [0.717, 1.165) is 32.2 Å². The number of pyridine rings is 1. The van der Waals surface area contributed by atoms with Crippen molar-refractivity contribution in [3.63, 3.8) is 0 Å². The van der Waals surface area contributed by atoms with Gasteiger partial charge in [-0.2, -0.15) is 5.26 Å². The zero-order chi connectivity index (χ0) is 22.3. The van der Waals surface area contributed by atoms with Crippen molar-refractivity contribution in [2.75, 3.05) is 5.32 Å². The molecule has 0 atom stereocenters. The number of sulfonamides is 1. The van der Waals surface area contributed by atoms with E-state index in [4.69, 9.17) is 5.26 Å². The van der Waals surface area contributed by atoms with Crippen LogP contribution in [0.5, 0.6) is 0 Å². The molecule has 0 aliphatic heterocycles. The lowest BCUT2D eigenvalue weighted by Crippen LogP contribution is -2.49. The molecule has 1 aromatic carbocycles. The second-order valence-corrected chi connectivity index (χ2v) is 10.8. The summed E-state index contributed by atoms with van der Waals surface area (Å²) in [5.74, 6) is 0. The van der Waals surface area contributed by atoms with Gasteiger partial charge in [-0.05, 0) is 44.0 Å². The van der Waals surface area contributed by atoms with Crippen LogP contribution in [0, 0.1) is 18.3 Å². The molecule has 5 rings (SSSR count). The van der Waals surface area contributed by atoms with Crippen molar-refractivity contribution in [3.8, 4) is 16.6 Å². The van der Waals surface area contributed by atoms with Gasteiger partial charge in [-0.3, -0.25) is 0 Å². The molecule has 0 bridgehead atoms. The lowest BCUT2D eigenvalue weighted by Gasteiger charge is -2.37. The molecule has 0 amide bonds. The highest BCUT2D eigenvalue weighted by molar-refractivity contribution is 7.89. The summed E-state index contributed by atoms with van der Waals surface area (Å²) >= 11 is 1.61. The van der Waals surface area contributed by atoms with E-state index < -0.39 is 10.0 Å². The molecule has 1 aliphatic carbocycles. The number of nitrogens with one attached hydrogen (secondary N) is 3. The number of fused-ring (bicyclic) bond motifs is 1. The van der Waals surface area contributed by atoms with Crippen LogP contribution in [0.2, 0.25) is 0 Å². The normalized spacial score (nSPS) is 18.2. The number of hydrogen-bond donors (Lipinski definition) is 3. The number of nitriles is 1. The maximum Gasteiger partial charge on any atom is 0.240 e. The van der Waals surface area contributed by atoms with Crippen molar-refractivity contribution >= 4 is 38.1 Å². The van der Waals surface area contributed by atoms with Crippen molar-refractivity contribution in [2.24, 2.45) is 0 Å². The first kappa shape index (κ1) is 20.6. The molecule has 32 heavy (non-hydrogen) atoms. The largest absolute Gasteiger partial charge is 0.381 e. The fraction of sp³-hybridized carbons (Fsp3) is 0.227. The molecular weight excluding hydrogens is 444 g/mol. The van der Waals surface area contributed by atoms with Crippen LogP contribution in [-0.2, 0) is 10.0 Å². The van der Waals surface area contributed by atoms with E-state index in [1.165, 1.54) is 12.1 Å². The Morgan fingerprint density at radius 2 is 2.03 bits per heavy atom. The van der Waals surface area contributed by atoms with Crippen LogP contribution in [0.1, 0.15) is 23.3 Å². The summed E-state index contributed by atoms with van der Waals surface area (Å²) in [4.78, 5) is 13.4. The van der Waals surface area contributed by atoms with Crippen LogP contribution in [0.15, 0.2) is 53.8 Å². The number of H-pyrrole nitrogens is 1. The van der Waals surface area contributed by atoms with Gasteiger partial charge in [-0.1, -0.05) is 6.07 Å². The van der Waals surface area contributed by atoms with E-state index in [-0.39, 0.29) is 17.0 Å². The number of hydrogen-bond acceptors (Lipinski definition) is 7. The number of aryl methyl sites for hydroxylation is 1. The molecule has 0 spiro atoms. The van der Waals surface area contributed by atoms with Gasteiger partial charge in [0.1, 0.15) is 10.7 Å². The smallest absolute Gasteiger partial charge is 0.240 e. The fourth-order valence-electron chi connectivity index (χ4n) is 3.86. The van der Waals surface area contributed by atoms with Gasteiger partial charge >= 0.3 is 0 Å². The van der Waals surface area contributed by atoms with Crippen LogP contribution in [-0.4, -0.2) is 35.5 Å². The maximum atomic E-state index is 12.7. The van der Waals surface area contributed by atoms with Crippen LogP contribution in [0.25, 0.3) is 21.6 Å². The summed E-state index contributed by atoms with van der Waals surface area (Å²) in [5.41, 5.74) is 3.00. The molecule has 10 heteroatoms. The van der Waals surface area contributed by atoms with Gasteiger partial charge in [0.2, 0.25) is 10.0 Å². The van der Waals surface area contributed by atoms with E-state index in [9.17, 15) is 8.42 Å². The standard InChI is InChI=1S/C22H20N6O2S2/c1-13-11-26-22(31-13)19-12-25-21-18(5-6-24-21)20(19)27-15-8-16(9-15)28-32(29,30)17-4-2-3-14(7-17)10-23/h2-7,11-12,15-16,28H,8-9H2,1H3,(H2,24,25,27)/t15-,16+. The van der Waals surface area contributed by atoms with Crippen LogP contribution in [0.3, 0.4) is 0 Å². The minimum absolute atomic E-state index is 0.109. The Morgan fingerprint density at radius 3 is 2.78 bits per heavy atom. The molecule has 3 heterocycles. The van der Waals surface area contributed by atoms with E-state index >= 15 is 0 Å². The van der Waals surface area contributed by atoms with Crippen molar-refractivity contribution in [2.45, 2.75) is 36.7 Å². The predicted molar refractivity (Wildman–Crippen MR) is 124 cm³/mol. The van der Waals surface area contributed by atoms with Gasteiger partial charge in [-0.25, -0.2) is 23.1 Å². The zero-order valence-corrected chi connectivity index (χ0v) is 18.8. The third-order valence-corrected chi connectivity index (χ3v) is 7.98. The van der Waals surface area contributed by atoms with Gasteiger partial charge < -0.3 is 10.3 Å². The average molecular weight is 465 g/mol. The summed E-state index contributed by atoms with van der Waals surface area (Å²) < 4.78 is 28.1. The Morgan fingerprint density at radius 1 is 1.19 bits per heavy atom. The number of benzene rings is 1. The molecule has 162 valence electrons. The highest BCUT2D eigenvalue weighted by Crippen LogP contribution is 2.38. The van der Waals surface area contributed by atoms with Gasteiger partial charge in [-0.15, -0.1) is 11.3 Å². The van der Waals surface area contributed by atoms with E-state index in [1.807, 2.05) is 37.6 Å². The maximum absolute atomic E-state index is 12.7. The number of rotatable bonds is 6. The molecule has 3 N–H and O–H groups in total. The first-order chi connectivity index (χ1) is 15.4. The van der Waals surface area contributed by atoms with E-state index in [1.54, 1.807) is 23.5 Å². The van der Waals surface area contributed by atoms with Crippen LogP contribution >= 0.6 is 11.3 Å². The van der Waals surface area contributed by atoms with Crippen molar-refractivity contribution < 1.29 is 8.42 Å². The lowest BCUT2D eigenvalue weighted by molar-refractivity contribution is 0.346. The van der Waals surface area contributed by atoms with Gasteiger partial charge in [0, 0.05) is 40.9 Å². The Labute approximate surface area is 189 Å². The topological polar surface area (TPSA) is 124 Å². The SMILES string of the molecule is Cc1cnc(-c2cnc3[nH]ccc3c2N[C@H]2C[C@@H](NS(=O)(=O)c3cccc(C#N)c3)C2)s1. The third-order valence-electron chi connectivity index (χ3n) is 5.52. The molecule has 0 saturated heterocycles. The molecule has 3 aromatic heterocycles. The number of aromatic nitrogens is 3. The summed E-state index contributed by atoms with van der Waals surface area (Å²) in [6.07, 6.45) is 6.83. The molecular formula is C22H20N6O2S2. The lowest BCUT2D eigenvalue weighted by atomic mass is 9.87. The average Bonchev–Trinajstić information content (AvgIpc) is 3.41. The van der Waals surface area contributed by atoms with Gasteiger partial charge in [0.25, 0.3) is 0 Å². The molecule has 8 nitrogen and oxygen atoms in total. The fourth-order valence-corrected chi connectivity index (χ4v) is 5.95. The summed E-state index contributed by atoms with van der Waals surface area (Å²) in [6, 6.07) is 9.95. The first-order valence-electron chi connectivity index (χ1n) is 10.1. The first-order valence-corrected chi connectivity index (χ1v) is 12.4. The molecule has 1 saturated carbocycles. The second kappa shape index (κ2) is 8.02. The molecule has 1 fully saturated rings. The molecule has 4 aromatic rings. The highest BCUT2D eigenvalue weighted by atomic mass is 32.2. The molecule has 1 aliphatic rings. The third kappa shape index (κ3) is 3.86. The molecule has 0 unspecified atom stereocenters. The zero-order valence-electron chi connectivity index (χ0n) is 17.2. The van der Waals surface area contributed by atoms with Crippen LogP contribution < -0.4 is 10.0 Å². The predicted octanol–water partition coefficient (Wildman–Crippen LogP) is 3.79. The Kier molecular flexibility index (Phi) is 5.17. The van der Waals surface area contributed by atoms with Crippen molar-refractivity contribution in [3.05, 3.63) is 59.4 Å². The number of aromatic amines is 1. The monoisotopic (exact) mass is 464 g/mol. The quantitative estimate of drug-likeness (QED) is 0.399. The Bertz CT molecular complexity index is 1440. The summed E-state index contributed by atoms with van der Waals surface area (Å²) in [6.45, 7) is 2.02. The van der Waals surface area contributed by atoms with Crippen molar-refractivity contribution in [1.29, 1.82) is 5.26 Å². The van der Waals surface area contributed by atoms with Crippen LogP contribution in [0.4, 0.5) is 5.69 Å². The minimum Gasteiger partial charge on any atom is -0.381 e. The number of anilines is 1. The highest BCUT2D eigenvalue weighted by Gasteiger charge is 2.33. The second-order valence-electron chi connectivity index (χ2n) is 7.83. The van der Waals surface area contributed by atoms with E-state index in [0.29, 0.717) is 18.4 Å². The summed E-state index contributed by atoms with van der Waals surface area (Å²) in [7, 11) is -3.68. The van der Waals surface area contributed by atoms with Crippen molar-refractivity contribution in [1.82, 2.24) is 19.7 Å².